The maximum absolute atomic E-state index is 11.4. The second kappa shape index (κ2) is 4.71. The maximum Gasteiger partial charge on any atom is 0.335 e. The molecule has 0 unspecified atom stereocenters. The number of allylic oxidation sites excluding steroid dienone is 1. The van der Waals surface area contributed by atoms with Gasteiger partial charge in [-0.25, -0.2) is 4.79 Å². The van der Waals surface area contributed by atoms with Gasteiger partial charge in [-0.05, 0) is 6.92 Å². The molecule has 0 aromatic carbocycles. The molecule has 0 aliphatic carbocycles. The fourth-order valence-corrected chi connectivity index (χ4v) is 3.44. The lowest BCUT2D eigenvalue weighted by Crippen LogP contribution is -2.32. The van der Waals surface area contributed by atoms with Crippen molar-refractivity contribution in [2.45, 2.75) is 46.2 Å². The van der Waals surface area contributed by atoms with Crippen LogP contribution in [0.5, 0.6) is 0 Å². The standard InChI is InChI=1S/C12H24O2Si2/c1-9(15(3,4)5)11(12(13)14)10(2)16(6,7)8/h1H2,2-8H3,(H,13,14). The molecule has 0 fully saturated rings. The number of hydrogen-bond donors (Lipinski definition) is 1. The fraction of sp³-hybridized carbons (Fsp3) is 0.583. The van der Waals surface area contributed by atoms with Crippen molar-refractivity contribution in [2.24, 2.45) is 0 Å². The third-order valence-electron chi connectivity index (χ3n) is 2.92. The van der Waals surface area contributed by atoms with Crippen molar-refractivity contribution in [3.8, 4) is 0 Å². The van der Waals surface area contributed by atoms with Crippen molar-refractivity contribution < 1.29 is 9.90 Å². The van der Waals surface area contributed by atoms with Gasteiger partial charge in [0, 0.05) is 0 Å². The summed E-state index contributed by atoms with van der Waals surface area (Å²) in [5, 5.41) is 11.3. The Balaban J connectivity index is 5.71. The van der Waals surface area contributed by atoms with Crippen molar-refractivity contribution in [3.05, 3.63) is 22.5 Å². The van der Waals surface area contributed by atoms with Gasteiger partial charge in [0.2, 0.25) is 0 Å². The first-order valence-corrected chi connectivity index (χ1v) is 12.5. The number of carboxylic acid groups (broad SMARTS) is 1. The van der Waals surface area contributed by atoms with Crippen LogP contribution in [-0.4, -0.2) is 27.2 Å². The zero-order valence-corrected chi connectivity index (χ0v) is 13.6. The highest BCUT2D eigenvalue weighted by atomic mass is 28.3. The van der Waals surface area contributed by atoms with Crippen molar-refractivity contribution in [1.82, 2.24) is 0 Å². The molecule has 2 nitrogen and oxygen atoms in total. The molecule has 0 atom stereocenters. The second-order valence-corrected chi connectivity index (χ2v) is 16.6. The van der Waals surface area contributed by atoms with E-state index in [-0.39, 0.29) is 0 Å². The minimum Gasteiger partial charge on any atom is -0.478 e. The molecule has 0 rings (SSSR count). The SMILES string of the molecule is C=C(C(C(=O)O)=C(C)[Si](C)(C)C)[Si](C)(C)C. The monoisotopic (exact) mass is 256 g/mol. The van der Waals surface area contributed by atoms with Gasteiger partial charge in [0.1, 0.15) is 0 Å². The van der Waals surface area contributed by atoms with Crippen molar-refractivity contribution in [1.29, 1.82) is 0 Å². The molecular weight excluding hydrogens is 232 g/mol. The predicted octanol–water partition coefficient (Wildman–Crippen LogP) is 3.70. The molecule has 0 bridgehead atoms. The van der Waals surface area contributed by atoms with Crippen LogP contribution in [0.3, 0.4) is 0 Å². The van der Waals surface area contributed by atoms with Gasteiger partial charge >= 0.3 is 5.97 Å². The van der Waals surface area contributed by atoms with Gasteiger partial charge in [-0.15, -0.1) is 0 Å². The van der Waals surface area contributed by atoms with E-state index in [1.54, 1.807) is 0 Å². The Morgan fingerprint density at radius 1 is 1.00 bits per heavy atom. The van der Waals surface area contributed by atoms with Gasteiger partial charge in [-0.1, -0.05) is 56.3 Å². The van der Waals surface area contributed by atoms with E-state index in [1.807, 2.05) is 6.92 Å². The third-order valence-corrected chi connectivity index (χ3v) is 7.48. The highest BCUT2D eigenvalue weighted by Crippen LogP contribution is 2.28. The first-order valence-electron chi connectivity index (χ1n) is 5.53. The van der Waals surface area contributed by atoms with E-state index in [2.05, 4.69) is 45.9 Å². The van der Waals surface area contributed by atoms with Crippen molar-refractivity contribution in [2.75, 3.05) is 0 Å². The average molecular weight is 256 g/mol. The summed E-state index contributed by atoms with van der Waals surface area (Å²) in [5.41, 5.74) is 0.498. The number of carbonyl (C=O) groups is 1. The van der Waals surface area contributed by atoms with E-state index in [4.69, 9.17) is 0 Å². The molecule has 4 heteroatoms. The molecule has 0 aliphatic heterocycles. The quantitative estimate of drug-likeness (QED) is 0.473. The molecule has 0 spiro atoms. The number of aliphatic carboxylic acids is 1. The smallest absolute Gasteiger partial charge is 0.335 e. The molecule has 0 aliphatic rings. The molecular formula is C12H24O2Si2. The normalized spacial score (nSPS) is 14.4. The maximum atomic E-state index is 11.4. The van der Waals surface area contributed by atoms with Gasteiger partial charge in [0.05, 0.1) is 21.7 Å². The molecule has 1 N–H and O–H groups in total. The van der Waals surface area contributed by atoms with Gasteiger partial charge in [-0.3, -0.25) is 0 Å². The Kier molecular flexibility index (Phi) is 4.53. The summed E-state index contributed by atoms with van der Waals surface area (Å²) < 4.78 is 0. The lowest BCUT2D eigenvalue weighted by atomic mass is 10.2. The molecule has 0 saturated heterocycles. The van der Waals surface area contributed by atoms with E-state index in [1.165, 1.54) is 0 Å². The molecule has 92 valence electrons. The van der Waals surface area contributed by atoms with Crippen LogP contribution < -0.4 is 0 Å². The lowest BCUT2D eigenvalue weighted by Gasteiger charge is -2.26. The highest BCUT2D eigenvalue weighted by Gasteiger charge is 2.30. The number of rotatable bonds is 4. The van der Waals surface area contributed by atoms with Crippen LogP contribution in [0, 0.1) is 0 Å². The van der Waals surface area contributed by atoms with Crippen LogP contribution in [0.25, 0.3) is 0 Å². The van der Waals surface area contributed by atoms with Gasteiger partial charge in [-0.2, -0.15) is 0 Å². The summed E-state index contributed by atoms with van der Waals surface area (Å²) in [6, 6.07) is 0. The van der Waals surface area contributed by atoms with E-state index in [0.29, 0.717) is 5.57 Å². The summed E-state index contributed by atoms with van der Waals surface area (Å²) in [5.74, 6) is -0.813. The summed E-state index contributed by atoms with van der Waals surface area (Å²) in [6.07, 6.45) is 0. The molecule has 0 saturated carbocycles. The molecule has 0 radical (unpaired) electrons. The largest absolute Gasteiger partial charge is 0.478 e. The zero-order chi connectivity index (χ0) is 13.3. The molecule has 0 heterocycles. The summed E-state index contributed by atoms with van der Waals surface area (Å²) >= 11 is 0. The second-order valence-electron chi connectivity index (χ2n) is 6.28. The van der Waals surface area contributed by atoms with Crippen molar-refractivity contribution >= 4 is 22.1 Å². The van der Waals surface area contributed by atoms with E-state index in [0.717, 1.165) is 10.4 Å². The first-order chi connectivity index (χ1) is 6.89. The van der Waals surface area contributed by atoms with Crippen LogP contribution in [0.1, 0.15) is 6.92 Å². The van der Waals surface area contributed by atoms with Crippen LogP contribution in [0.4, 0.5) is 0 Å². The van der Waals surface area contributed by atoms with Gasteiger partial charge in [0.25, 0.3) is 0 Å². The average Bonchev–Trinajstić information content (AvgIpc) is 1.99. The molecule has 0 aromatic heterocycles. The zero-order valence-electron chi connectivity index (χ0n) is 11.6. The number of hydrogen-bond acceptors (Lipinski definition) is 1. The van der Waals surface area contributed by atoms with Crippen LogP contribution in [0.15, 0.2) is 22.5 Å². The first kappa shape index (κ1) is 15.4. The van der Waals surface area contributed by atoms with Crippen LogP contribution in [0.2, 0.25) is 39.3 Å². The lowest BCUT2D eigenvalue weighted by molar-refractivity contribution is -0.132. The summed E-state index contributed by atoms with van der Waals surface area (Å²) in [6.45, 7) is 18.9. The van der Waals surface area contributed by atoms with E-state index < -0.39 is 22.1 Å². The topological polar surface area (TPSA) is 37.3 Å². The Bertz CT molecular complexity index is 341. The van der Waals surface area contributed by atoms with Crippen LogP contribution in [-0.2, 0) is 4.79 Å². The minimum absolute atomic E-state index is 0.498. The third kappa shape index (κ3) is 3.75. The highest BCUT2D eigenvalue weighted by molar-refractivity contribution is 6.86. The predicted molar refractivity (Wildman–Crippen MR) is 76.2 cm³/mol. The Hall–Kier alpha value is -0.616. The van der Waals surface area contributed by atoms with Gasteiger partial charge < -0.3 is 5.11 Å². The Morgan fingerprint density at radius 3 is 1.56 bits per heavy atom. The summed E-state index contributed by atoms with van der Waals surface area (Å²) in [4.78, 5) is 11.4. The number of carboxylic acids is 1. The molecule has 16 heavy (non-hydrogen) atoms. The molecule has 0 amide bonds. The van der Waals surface area contributed by atoms with Gasteiger partial charge in [0.15, 0.2) is 0 Å². The summed E-state index contributed by atoms with van der Waals surface area (Å²) in [7, 11) is -3.21. The Labute approximate surface area is 101 Å². The van der Waals surface area contributed by atoms with Crippen molar-refractivity contribution in [3.63, 3.8) is 0 Å². The minimum atomic E-state index is -1.64. The van der Waals surface area contributed by atoms with Crippen LogP contribution >= 0.6 is 0 Å². The Morgan fingerprint density at radius 2 is 1.38 bits per heavy atom. The van der Waals surface area contributed by atoms with E-state index in [9.17, 15) is 9.90 Å². The van der Waals surface area contributed by atoms with E-state index >= 15 is 0 Å². The molecule has 0 aromatic rings. The fourth-order valence-electron chi connectivity index (χ4n) is 1.27.